The van der Waals surface area contributed by atoms with Crippen molar-refractivity contribution in [3.63, 3.8) is 0 Å². The molecule has 0 aliphatic rings. The highest BCUT2D eigenvalue weighted by Gasteiger charge is 2.14. The second-order valence-electron chi connectivity index (χ2n) is 8.76. The molecule has 31 heavy (non-hydrogen) atoms. The van der Waals surface area contributed by atoms with Crippen LogP contribution in [-0.2, 0) is 20.6 Å². The molecule has 6 heteroatoms. The summed E-state index contributed by atoms with van der Waals surface area (Å²) in [6, 6.07) is 0. The molecule has 0 saturated carbocycles. The minimum Gasteiger partial charge on any atom is -0.328 e. The topological polar surface area (TPSA) is 61.8 Å². The summed E-state index contributed by atoms with van der Waals surface area (Å²) in [6.07, 6.45) is 23.7. The summed E-state index contributed by atoms with van der Waals surface area (Å²) in [4.78, 5) is 29.3. The fourth-order valence-electron chi connectivity index (χ4n) is 4.11. The zero-order valence-corrected chi connectivity index (χ0v) is 19.9. The molecule has 0 spiro atoms. The Balaban J connectivity index is 1.56. The first-order chi connectivity index (χ1) is 15.1. The number of unbranched alkanes of at least 4 members (excludes halogenated alkanes) is 12. The van der Waals surface area contributed by atoms with Crippen LogP contribution in [-0.4, -0.2) is 18.7 Å². The third kappa shape index (κ3) is 7.82. The van der Waals surface area contributed by atoms with Gasteiger partial charge < -0.3 is 4.57 Å². The van der Waals surface area contributed by atoms with Gasteiger partial charge in [0.05, 0.1) is 6.33 Å². The maximum absolute atomic E-state index is 12.7. The SMILES string of the molecule is CCCCCCCCC=CCCCCCCCCn1c(=O)c2c(ncn2C)n(C)c1=O. The Morgan fingerprint density at radius 2 is 1.35 bits per heavy atom. The lowest BCUT2D eigenvalue weighted by Gasteiger charge is -2.08. The number of imidazole rings is 1. The largest absolute Gasteiger partial charge is 0.332 e. The van der Waals surface area contributed by atoms with E-state index in [1.807, 2.05) is 0 Å². The van der Waals surface area contributed by atoms with Crippen molar-refractivity contribution in [3.8, 4) is 0 Å². The maximum atomic E-state index is 12.7. The molecule has 0 aromatic carbocycles. The van der Waals surface area contributed by atoms with E-state index in [0.29, 0.717) is 17.7 Å². The van der Waals surface area contributed by atoms with Gasteiger partial charge in [-0.3, -0.25) is 13.9 Å². The maximum Gasteiger partial charge on any atom is 0.332 e. The van der Waals surface area contributed by atoms with Gasteiger partial charge in [0.2, 0.25) is 0 Å². The van der Waals surface area contributed by atoms with Crippen LogP contribution in [0.4, 0.5) is 0 Å². The lowest BCUT2D eigenvalue weighted by molar-refractivity contribution is 0.524. The number of allylic oxidation sites excluding steroid dienone is 2. The first-order valence-electron chi connectivity index (χ1n) is 12.3. The van der Waals surface area contributed by atoms with E-state index >= 15 is 0 Å². The Labute approximate surface area is 187 Å². The highest BCUT2D eigenvalue weighted by Crippen LogP contribution is 2.10. The molecule has 0 atom stereocenters. The van der Waals surface area contributed by atoms with Gasteiger partial charge in [0.15, 0.2) is 11.2 Å². The van der Waals surface area contributed by atoms with Gasteiger partial charge in [0.1, 0.15) is 0 Å². The number of aryl methyl sites for hydroxylation is 2. The Morgan fingerprint density at radius 1 is 0.806 bits per heavy atom. The molecule has 0 radical (unpaired) electrons. The number of nitrogens with zero attached hydrogens (tertiary/aromatic N) is 4. The zero-order valence-electron chi connectivity index (χ0n) is 19.9. The third-order valence-electron chi connectivity index (χ3n) is 6.09. The lowest BCUT2D eigenvalue weighted by atomic mass is 10.1. The molecule has 0 fully saturated rings. The fourth-order valence-corrected chi connectivity index (χ4v) is 4.11. The average molecular weight is 431 g/mol. The Bertz CT molecular complexity index is 920. The van der Waals surface area contributed by atoms with E-state index in [1.54, 1.807) is 25.0 Å². The summed E-state index contributed by atoms with van der Waals surface area (Å²) in [5.41, 5.74) is 0.441. The first-order valence-corrected chi connectivity index (χ1v) is 12.3. The van der Waals surface area contributed by atoms with Gasteiger partial charge >= 0.3 is 5.69 Å². The molecule has 0 aliphatic heterocycles. The predicted molar refractivity (Wildman–Crippen MR) is 130 cm³/mol. The van der Waals surface area contributed by atoms with Gasteiger partial charge in [-0.25, -0.2) is 9.78 Å². The smallest absolute Gasteiger partial charge is 0.328 e. The van der Waals surface area contributed by atoms with E-state index in [9.17, 15) is 9.59 Å². The summed E-state index contributed by atoms with van der Waals surface area (Å²) in [5, 5.41) is 0. The van der Waals surface area contributed by atoms with E-state index in [2.05, 4.69) is 24.1 Å². The van der Waals surface area contributed by atoms with Crippen molar-refractivity contribution in [1.29, 1.82) is 0 Å². The second-order valence-corrected chi connectivity index (χ2v) is 8.76. The van der Waals surface area contributed by atoms with E-state index in [0.717, 1.165) is 19.3 Å². The molecule has 2 aromatic heterocycles. The monoisotopic (exact) mass is 430 g/mol. The quantitative estimate of drug-likeness (QED) is 0.262. The third-order valence-corrected chi connectivity index (χ3v) is 6.09. The van der Waals surface area contributed by atoms with E-state index in [1.165, 1.54) is 79.8 Å². The van der Waals surface area contributed by atoms with Crippen LogP contribution in [0.2, 0.25) is 0 Å². The van der Waals surface area contributed by atoms with Gasteiger partial charge in [-0.1, -0.05) is 76.9 Å². The van der Waals surface area contributed by atoms with Gasteiger partial charge in [0, 0.05) is 20.6 Å². The number of hydrogen-bond donors (Lipinski definition) is 0. The normalized spacial score (nSPS) is 11.8. The van der Waals surface area contributed by atoms with E-state index in [4.69, 9.17) is 0 Å². The van der Waals surface area contributed by atoms with Gasteiger partial charge in [-0.2, -0.15) is 0 Å². The van der Waals surface area contributed by atoms with Crippen molar-refractivity contribution in [3.05, 3.63) is 39.3 Å². The number of fused-ring (bicyclic) bond motifs is 1. The minimum absolute atomic E-state index is 0.231. The van der Waals surface area contributed by atoms with Crippen molar-refractivity contribution in [2.45, 2.75) is 103 Å². The zero-order chi connectivity index (χ0) is 22.5. The van der Waals surface area contributed by atoms with Crippen molar-refractivity contribution in [2.24, 2.45) is 14.1 Å². The predicted octanol–water partition coefficient (Wildman–Crippen LogP) is 5.47. The number of rotatable bonds is 16. The van der Waals surface area contributed by atoms with Crippen LogP contribution in [0.3, 0.4) is 0 Å². The van der Waals surface area contributed by atoms with Crippen molar-refractivity contribution < 1.29 is 0 Å². The highest BCUT2D eigenvalue weighted by molar-refractivity contribution is 5.69. The van der Waals surface area contributed by atoms with Crippen LogP contribution in [0.25, 0.3) is 11.2 Å². The van der Waals surface area contributed by atoms with Crippen LogP contribution in [0.5, 0.6) is 0 Å². The second kappa shape index (κ2) is 14.0. The van der Waals surface area contributed by atoms with Gasteiger partial charge in [-0.05, 0) is 32.1 Å². The molecule has 2 aromatic rings. The Kier molecular flexibility index (Phi) is 11.4. The van der Waals surface area contributed by atoms with Crippen LogP contribution >= 0.6 is 0 Å². The molecule has 174 valence electrons. The van der Waals surface area contributed by atoms with Crippen LogP contribution in [0.1, 0.15) is 96.8 Å². The molecule has 6 nitrogen and oxygen atoms in total. The molecule has 0 unspecified atom stereocenters. The summed E-state index contributed by atoms with van der Waals surface area (Å²) in [5.74, 6) is 0. The molecule has 2 rings (SSSR count). The average Bonchev–Trinajstić information content (AvgIpc) is 3.15. The molecular formula is C25H42N4O2. The summed E-state index contributed by atoms with van der Waals surface area (Å²) in [6.45, 7) is 2.74. The molecule has 0 bridgehead atoms. The molecule has 0 saturated heterocycles. The molecule has 0 amide bonds. The standard InChI is InChI=1S/C25H42N4O2/c1-4-5-6-7-8-9-10-11-12-13-14-15-16-17-18-19-20-29-24(30)22-23(26-21-27(22)2)28(3)25(29)31/h11-12,21H,4-10,13-20H2,1-3H3. The Morgan fingerprint density at radius 3 is 1.97 bits per heavy atom. The molecule has 0 aliphatic carbocycles. The van der Waals surface area contributed by atoms with Crippen molar-refractivity contribution in [1.82, 2.24) is 18.7 Å². The van der Waals surface area contributed by atoms with Gasteiger partial charge in [0.25, 0.3) is 5.56 Å². The van der Waals surface area contributed by atoms with Crippen LogP contribution < -0.4 is 11.2 Å². The minimum atomic E-state index is -0.274. The van der Waals surface area contributed by atoms with Gasteiger partial charge in [-0.15, -0.1) is 0 Å². The van der Waals surface area contributed by atoms with E-state index in [-0.39, 0.29) is 11.2 Å². The van der Waals surface area contributed by atoms with E-state index < -0.39 is 0 Å². The highest BCUT2D eigenvalue weighted by atomic mass is 16.2. The first kappa shape index (κ1) is 25.2. The Hall–Kier alpha value is -2.11. The van der Waals surface area contributed by atoms with Crippen molar-refractivity contribution >= 4 is 11.2 Å². The lowest BCUT2D eigenvalue weighted by Crippen LogP contribution is -2.39. The number of hydrogen-bond acceptors (Lipinski definition) is 3. The number of aromatic nitrogens is 4. The van der Waals surface area contributed by atoms with Crippen LogP contribution in [0.15, 0.2) is 28.1 Å². The molecule has 2 heterocycles. The molecule has 0 N–H and O–H groups in total. The summed E-state index contributed by atoms with van der Waals surface area (Å²) >= 11 is 0. The summed E-state index contributed by atoms with van der Waals surface area (Å²) < 4.78 is 4.52. The fraction of sp³-hybridized carbons (Fsp3) is 0.720. The molecular weight excluding hydrogens is 388 g/mol. The van der Waals surface area contributed by atoms with Crippen LogP contribution in [0, 0.1) is 0 Å². The summed E-state index contributed by atoms with van der Waals surface area (Å²) in [7, 11) is 3.46. The van der Waals surface area contributed by atoms with Crippen molar-refractivity contribution in [2.75, 3.05) is 0 Å².